The van der Waals surface area contributed by atoms with Crippen LogP contribution in [0, 0.1) is 0 Å². The third-order valence-corrected chi connectivity index (χ3v) is 9.30. The third-order valence-electron chi connectivity index (χ3n) is 8.13. The maximum Gasteiger partial charge on any atom is 0.246 e. The van der Waals surface area contributed by atoms with Gasteiger partial charge in [0.15, 0.2) is 0 Å². The minimum Gasteiger partial charge on any atom is -0.490 e. The number of aliphatic hydroxyl groups is 1. The summed E-state index contributed by atoms with van der Waals surface area (Å²) >= 11 is 1.72. The van der Waals surface area contributed by atoms with Gasteiger partial charge in [0, 0.05) is 29.7 Å². The second-order valence-corrected chi connectivity index (χ2v) is 10.9. The number of amides is 1. The molecule has 2 aromatic heterocycles. The van der Waals surface area contributed by atoms with Crippen molar-refractivity contribution in [2.45, 2.75) is 82.0 Å². The van der Waals surface area contributed by atoms with Crippen LogP contribution in [0.15, 0.2) is 12.3 Å². The van der Waals surface area contributed by atoms with Crippen molar-refractivity contribution in [1.82, 2.24) is 9.88 Å². The molecule has 0 unspecified atom stereocenters. The average molecular weight is 474 g/mol. The summed E-state index contributed by atoms with van der Waals surface area (Å²) < 4.78 is 12.2. The Balaban J connectivity index is 1.34. The van der Waals surface area contributed by atoms with Crippen LogP contribution in [0.5, 0.6) is 5.75 Å². The molecule has 2 fully saturated rings. The van der Waals surface area contributed by atoms with Gasteiger partial charge in [-0.25, -0.2) is 4.98 Å². The fraction of sp³-hybridized carbons (Fsp3) is 0.680. The van der Waals surface area contributed by atoms with Gasteiger partial charge >= 0.3 is 0 Å². The highest BCUT2D eigenvalue weighted by atomic mass is 32.1. The molecule has 0 bridgehead atoms. The molecule has 5 rings (SSSR count). The Morgan fingerprint density at radius 2 is 2.12 bits per heavy atom. The largest absolute Gasteiger partial charge is 0.490 e. The fourth-order valence-corrected chi connectivity index (χ4v) is 7.46. The van der Waals surface area contributed by atoms with E-state index in [1.165, 1.54) is 16.9 Å². The zero-order chi connectivity index (χ0) is 23.0. The van der Waals surface area contributed by atoms with E-state index in [9.17, 15) is 9.90 Å². The second kappa shape index (κ2) is 9.49. The van der Waals surface area contributed by atoms with Gasteiger partial charge in [0.2, 0.25) is 5.91 Å². The molecule has 33 heavy (non-hydrogen) atoms. The summed E-state index contributed by atoms with van der Waals surface area (Å²) in [7, 11) is 0. The SMILES string of the molecule is CC[C@]1(N2CCOCC2)CC[C@H](Oc2ccnc3sc4c(c23)[C@@H](C[C@H](O)C(N)=O)CC4)CC1. The summed E-state index contributed by atoms with van der Waals surface area (Å²) in [4.78, 5) is 21.0. The normalized spacial score (nSPS) is 29.2. The van der Waals surface area contributed by atoms with E-state index >= 15 is 0 Å². The number of nitrogens with zero attached hydrogens (tertiary/aromatic N) is 2. The summed E-state index contributed by atoms with van der Waals surface area (Å²) in [6.45, 7) is 6.06. The first kappa shape index (κ1) is 23.0. The van der Waals surface area contributed by atoms with Crippen molar-refractivity contribution in [3.05, 3.63) is 22.7 Å². The van der Waals surface area contributed by atoms with Gasteiger partial charge in [-0.2, -0.15) is 0 Å². The van der Waals surface area contributed by atoms with Gasteiger partial charge in [-0.05, 0) is 68.9 Å². The van der Waals surface area contributed by atoms with Crippen LogP contribution in [0.2, 0.25) is 0 Å². The van der Waals surface area contributed by atoms with E-state index in [0.29, 0.717) is 6.42 Å². The molecule has 8 heteroatoms. The highest BCUT2D eigenvalue weighted by Crippen LogP contribution is 2.48. The summed E-state index contributed by atoms with van der Waals surface area (Å²) in [5.74, 6) is 0.362. The predicted octanol–water partition coefficient (Wildman–Crippen LogP) is 3.36. The van der Waals surface area contributed by atoms with Crippen molar-refractivity contribution in [2.75, 3.05) is 26.3 Å². The summed E-state index contributed by atoms with van der Waals surface area (Å²) in [6, 6.07) is 1.98. The van der Waals surface area contributed by atoms with Gasteiger partial charge in [0.1, 0.15) is 16.7 Å². The molecule has 2 atom stereocenters. The van der Waals surface area contributed by atoms with Crippen LogP contribution in [-0.2, 0) is 16.0 Å². The van der Waals surface area contributed by atoms with E-state index in [4.69, 9.17) is 15.2 Å². The number of carbonyl (C=O) groups is 1. The zero-order valence-corrected chi connectivity index (χ0v) is 20.2. The number of carbonyl (C=O) groups excluding carboxylic acids is 1. The first-order valence-electron chi connectivity index (χ1n) is 12.4. The first-order valence-corrected chi connectivity index (χ1v) is 13.2. The molecule has 1 saturated carbocycles. The minimum absolute atomic E-state index is 0.114. The Kier molecular flexibility index (Phi) is 6.62. The molecular weight excluding hydrogens is 438 g/mol. The molecule has 0 spiro atoms. The van der Waals surface area contributed by atoms with Crippen LogP contribution in [0.25, 0.3) is 10.2 Å². The summed E-state index contributed by atoms with van der Waals surface area (Å²) in [5, 5.41) is 11.2. The van der Waals surface area contributed by atoms with E-state index < -0.39 is 12.0 Å². The molecule has 3 heterocycles. The van der Waals surface area contributed by atoms with Crippen molar-refractivity contribution in [3.63, 3.8) is 0 Å². The van der Waals surface area contributed by atoms with Crippen molar-refractivity contribution >= 4 is 27.5 Å². The second-order valence-electron chi connectivity index (χ2n) is 9.81. The van der Waals surface area contributed by atoms with Gasteiger partial charge < -0.3 is 20.3 Å². The minimum atomic E-state index is -1.11. The molecule has 1 saturated heterocycles. The lowest BCUT2D eigenvalue weighted by atomic mass is 9.77. The topological polar surface area (TPSA) is 97.9 Å². The smallest absolute Gasteiger partial charge is 0.246 e. The monoisotopic (exact) mass is 473 g/mol. The molecule has 3 N–H and O–H groups in total. The molecule has 1 amide bonds. The molecule has 7 nitrogen and oxygen atoms in total. The number of aromatic nitrogens is 1. The number of primary amides is 1. The van der Waals surface area contributed by atoms with Crippen LogP contribution in [0.1, 0.15) is 68.2 Å². The molecule has 0 aromatic carbocycles. The molecule has 180 valence electrons. The van der Waals surface area contributed by atoms with Crippen molar-refractivity contribution < 1.29 is 19.4 Å². The van der Waals surface area contributed by atoms with Crippen molar-refractivity contribution in [2.24, 2.45) is 5.73 Å². The Morgan fingerprint density at radius 3 is 2.82 bits per heavy atom. The Hall–Kier alpha value is -1.74. The number of pyridine rings is 1. The number of aryl methyl sites for hydroxylation is 1. The predicted molar refractivity (Wildman–Crippen MR) is 129 cm³/mol. The lowest BCUT2D eigenvalue weighted by Crippen LogP contribution is -2.55. The van der Waals surface area contributed by atoms with Crippen molar-refractivity contribution in [3.8, 4) is 5.75 Å². The molecule has 3 aliphatic rings. The summed E-state index contributed by atoms with van der Waals surface area (Å²) in [5.41, 5.74) is 6.82. The van der Waals surface area contributed by atoms with Crippen LogP contribution in [0.4, 0.5) is 0 Å². The van der Waals surface area contributed by atoms with Crippen LogP contribution >= 0.6 is 11.3 Å². The van der Waals surface area contributed by atoms with E-state index in [1.807, 2.05) is 12.3 Å². The van der Waals surface area contributed by atoms with E-state index in [1.54, 1.807) is 11.3 Å². The van der Waals surface area contributed by atoms with Gasteiger partial charge in [-0.15, -0.1) is 11.3 Å². The van der Waals surface area contributed by atoms with Crippen molar-refractivity contribution in [1.29, 1.82) is 0 Å². The zero-order valence-electron chi connectivity index (χ0n) is 19.4. The molecule has 2 aromatic rings. The summed E-state index contributed by atoms with van der Waals surface area (Å²) in [6.07, 6.45) is 8.73. The van der Waals surface area contributed by atoms with Crippen LogP contribution < -0.4 is 10.5 Å². The molecular formula is C25H35N3O4S. The lowest BCUT2D eigenvalue weighted by Gasteiger charge is -2.49. The van der Waals surface area contributed by atoms with Gasteiger partial charge in [-0.3, -0.25) is 9.69 Å². The number of hydrogen-bond acceptors (Lipinski definition) is 7. The highest BCUT2D eigenvalue weighted by molar-refractivity contribution is 7.19. The standard InChI is InChI=1S/C25H35N3O4S/c1-2-25(28-11-13-31-14-12-28)8-5-17(6-9-25)32-19-7-10-27-24-22(19)21-16(3-4-20(21)33-24)15-18(29)23(26)30/h7,10,16-18,29H,2-6,8-9,11-15H2,1H3,(H2,26,30)/t16-,17-,18+,25-/m1/s1. The van der Waals surface area contributed by atoms with Gasteiger partial charge in [-0.1, -0.05) is 6.92 Å². The van der Waals surface area contributed by atoms with E-state index in [0.717, 1.165) is 80.8 Å². The fourth-order valence-electron chi connectivity index (χ4n) is 6.21. The van der Waals surface area contributed by atoms with E-state index in [-0.39, 0.29) is 17.6 Å². The van der Waals surface area contributed by atoms with E-state index in [2.05, 4.69) is 16.8 Å². The number of morpholine rings is 1. The maximum atomic E-state index is 11.4. The number of nitrogens with two attached hydrogens (primary N) is 1. The van der Waals surface area contributed by atoms with Gasteiger partial charge in [0.25, 0.3) is 0 Å². The van der Waals surface area contributed by atoms with Crippen LogP contribution in [-0.4, -0.2) is 64.9 Å². The van der Waals surface area contributed by atoms with Gasteiger partial charge in [0.05, 0.1) is 24.7 Å². The third kappa shape index (κ3) is 4.38. The number of fused-ring (bicyclic) bond motifs is 3. The first-order chi connectivity index (χ1) is 16.0. The van der Waals surface area contributed by atoms with Crippen LogP contribution in [0.3, 0.4) is 0 Å². The maximum absolute atomic E-state index is 11.4. The number of hydrogen-bond donors (Lipinski definition) is 2. The Bertz CT molecular complexity index is 995. The average Bonchev–Trinajstić information content (AvgIpc) is 3.40. The quantitative estimate of drug-likeness (QED) is 0.640. The molecule has 0 radical (unpaired) electrons. The molecule has 2 aliphatic carbocycles. The Labute approximate surface area is 199 Å². The highest BCUT2D eigenvalue weighted by Gasteiger charge is 2.40. The number of ether oxygens (including phenoxy) is 2. The number of thiophene rings is 1. The lowest BCUT2D eigenvalue weighted by molar-refractivity contribution is -0.126. The Morgan fingerprint density at radius 1 is 1.36 bits per heavy atom. The number of rotatable bonds is 7. The molecule has 1 aliphatic heterocycles. The number of aliphatic hydroxyl groups excluding tert-OH is 1.